The third-order valence-electron chi connectivity index (χ3n) is 3.08. The Morgan fingerprint density at radius 1 is 1.24 bits per heavy atom. The number of H-pyrrole nitrogens is 1. The summed E-state index contributed by atoms with van der Waals surface area (Å²) in [6, 6.07) is 12.0. The van der Waals surface area contributed by atoms with Crippen LogP contribution < -0.4 is 10.1 Å². The van der Waals surface area contributed by atoms with E-state index < -0.39 is 5.97 Å². The zero-order chi connectivity index (χ0) is 14.8. The van der Waals surface area contributed by atoms with E-state index in [2.05, 4.69) is 15.3 Å². The first-order valence-corrected chi connectivity index (χ1v) is 6.30. The van der Waals surface area contributed by atoms with Crippen LogP contribution in [0.2, 0.25) is 0 Å². The molecule has 3 rings (SSSR count). The van der Waals surface area contributed by atoms with Gasteiger partial charge in [-0.05, 0) is 36.4 Å². The topological polar surface area (TPSA) is 87.2 Å². The Bertz CT molecular complexity index is 794. The molecule has 0 bridgehead atoms. The number of carboxylic acid groups (broad SMARTS) is 1. The van der Waals surface area contributed by atoms with Crippen molar-refractivity contribution in [1.82, 2.24) is 9.97 Å². The van der Waals surface area contributed by atoms with Gasteiger partial charge in [0.1, 0.15) is 5.75 Å². The van der Waals surface area contributed by atoms with Gasteiger partial charge < -0.3 is 20.1 Å². The lowest BCUT2D eigenvalue weighted by Crippen LogP contribution is -1.97. The highest BCUT2D eigenvalue weighted by Gasteiger charge is 2.05. The molecule has 1 aromatic heterocycles. The first-order chi connectivity index (χ1) is 10.2. The quantitative estimate of drug-likeness (QED) is 0.685. The number of anilines is 2. The van der Waals surface area contributed by atoms with Crippen LogP contribution in [0.4, 0.5) is 11.6 Å². The molecule has 6 heteroatoms. The molecule has 3 N–H and O–H groups in total. The minimum absolute atomic E-state index is 0.245. The molecule has 0 atom stereocenters. The molecule has 0 aliphatic rings. The Hall–Kier alpha value is -3.02. The van der Waals surface area contributed by atoms with E-state index in [0.717, 1.165) is 22.5 Å². The molecule has 2 aromatic carbocycles. The summed E-state index contributed by atoms with van der Waals surface area (Å²) < 4.78 is 5.16. The molecule has 0 saturated heterocycles. The van der Waals surface area contributed by atoms with E-state index >= 15 is 0 Å². The number of nitrogens with one attached hydrogen (secondary N) is 2. The maximum Gasteiger partial charge on any atom is 0.335 e. The summed E-state index contributed by atoms with van der Waals surface area (Å²) in [5.74, 6) is 0.391. The number of nitrogens with zero attached hydrogens (tertiary/aromatic N) is 1. The van der Waals surface area contributed by atoms with Crippen LogP contribution in [-0.2, 0) is 0 Å². The highest BCUT2D eigenvalue weighted by molar-refractivity contribution is 5.88. The second kappa shape index (κ2) is 5.16. The highest BCUT2D eigenvalue weighted by Crippen LogP contribution is 2.22. The summed E-state index contributed by atoms with van der Waals surface area (Å²) in [4.78, 5) is 18.3. The van der Waals surface area contributed by atoms with E-state index in [4.69, 9.17) is 9.84 Å². The van der Waals surface area contributed by atoms with Gasteiger partial charge in [-0.15, -0.1) is 0 Å². The molecule has 106 valence electrons. The largest absolute Gasteiger partial charge is 0.497 e. The Labute approximate surface area is 120 Å². The molecule has 0 aliphatic heterocycles. The van der Waals surface area contributed by atoms with Gasteiger partial charge >= 0.3 is 5.97 Å². The molecule has 0 fully saturated rings. The number of hydrogen-bond acceptors (Lipinski definition) is 4. The molecule has 3 aromatic rings. The SMILES string of the molecule is COc1ccc2nc(Nc3ccc(C(=O)O)cc3)[nH]c2c1. The van der Waals surface area contributed by atoms with Crippen LogP contribution in [0.5, 0.6) is 5.75 Å². The van der Waals surface area contributed by atoms with Gasteiger partial charge in [0.2, 0.25) is 5.95 Å². The fraction of sp³-hybridized carbons (Fsp3) is 0.0667. The molecule has 0 saturated carbocycles. The maximum absolute atomic E-state index is 10.8. The van der Waals surface area contributed by atoms with E-state index in [9.17, 15) is 4.79 Å². The van der Waals surface area contributed by atoms with Gasteiger partial charge in [0.25, 0.3) is 0 Å². The summed E-state index contributed by atoms with van der Waals surface area (Å²) in [5.41, 5.74) is 2.68. The fourth-order valence-electron chi connectivity index (χ4n) is 2.01. The van der Waals surface area contributed by atoms with Crippen LogP contribution in [0.3, 0.4) is 0 Å². The number of carbonyl (C=O) groups is 1. The van der Waals surface area contributed by atoms with Gasteiger partial charge in [0.05, 0.1) is 23.7 Å². The van der Waals surface area contributed by atoms with Gasteiger partial charge in [-0.3, -0.25) is 0 Å². The molecular weight excluding hydrogens is 270 g/mol. The van der Waals surface area contributed by atoms with E-state index in [1.807, 2.05) is 18.2 Å². The van der Waals surface area contributed by atoms with Crippen LogP contribution in [0.15, 0.2) is 42.5 Å². The molecule has 0 spiro atoms. The Balaban J connectivity index is 1.85. The number of fused-ring (bicyclic) bond motifs is 1. The normalized spacial score (nSPS) is 10.5. The number of carboxylic acids is 1. The third kappa shape index (κ3) is 2.64. The van der Waals surface area contributed by atoms with Crippen molar-refractivity contribution in [2.24, 2.45) is 0 Å². The number of methoxy groups -OCH3 is 1. The maximum atomic E-state index is 10.8. The lowest BCUT2D eigenvalue weighted by molar-refractivity contribution is 0.0697. The van der Waals surface area contributed by atoms with Gasteiger partial charge in [0, 0.05) is 11.8 Å². The smallest absolute Gasteiger partial charge is 0.335 e. The number of aromatic carboxylic acids is 1. The number of aromatic nitrogens is 2. The monoisotopic (exact) mass is 283 g/mol. The summed E-state index contributed by atoms with van der Waals surface area (Å²) >= 11 is 0. The zero-order valence-corrected chi connectivity index (χ0v) is 11.3. The average molecular weight is 283 g/mol. The lowest BCUT2D eigenvalue weighted by Gasteiger charge is -2.02. The number of rotatable bonds is 4. The van der Waals surface area contributed by atoms with Crippen LogP contribution >= 0.6 is 0 Å². The minimum atomic E-state index is -0.947. The number of imidazole rings is 1. The van der Waals surface area contributed by atoms with Crippen LogP contribution in [0, 0.1) is 0 Å². The van der Waals surface area contributed by atoms with Crippen molar-refractivity contribution in [2.45, 2.75) is 0 Å². The molecular formula is C15H13N3O3. The van der Waals surface area contributed by atoms with Crippen molar-refractivity contribution >= 4 is 28.6 Å². The molecule has 1 heterocycles. The van der Waals surface area contributed by atoms with Crippen molar-refractivity contribution in [3.63, 3.8) is 0 Å². The minimum Gasteiger partial charge on any atom is -0.497 e. The number of aromatic amines is 1. The highest BCUT2D eigenvalue weighted by atomic mass is 16.5. The number of ether oxygens (including phenoxy) is 1. The first-order valence-electron chi connectivity index (χ1n) is 6.30. The van der Waals surface area contributed by atoms with Gasteiger partial charge in [-0.1, -0.05) is 0 Å². The second-order valence-corrected chi connectivity index (χ2v) is 4.48. The zero-order valence-electron chi connectivity index (χ0n) is 11.3. The van der Waals surface area contributed by atoms with Crippen molar-refractivity contribution in [2.75, 3.05) is 12.4 Å². The van der Waals surface area contributed by atoms with Crippen molar-refractivity contribution < 1.29 is 14.6 Å². The summed E-state index contributed by atoms with van der Waals surface area (Å²) in [5, 5.41) is 12.0. The van der Waals surface area contributed by atoms with Crippen molar-refractivity contribution in [1.29, 1.82) is 0 Å². The standard InChI is InChI=1S/C15H13N3O3/c1-21-11-6-7-12-13(8-11)18-15(17-12)16-10-4-2-9(3-5-10)14(19)20/h2-8H,1H3,(H,19,20)(H2,16,17,18). The van der Waals surface area contributed by atoms with Gasteiger partial charge in [-0.25, -0.2) is 9.78 Å². The third-order valence-corrected chi connectivity index (χ3v) is 3.08. The predicted molar refractivity (Wildman–Crippen MR) is 79.3 cm³/mol. The second-order valence-electron chi connectivity index (χ2n) is 4.48. The molecule has 6 nitrogen and oxygen atoms in total. The van der Waals surface area contributed by atoms with Crippen molar-refractivity contribution in [3.05, 3.63) is 48.0 Å². The fourth-order valence-corrected chi connectivity index (χ4v) is 2.01. The van der Waals surface area contributed by atoms with Gasteiger partial charge in [-0.2, -0.15) is 0 Å². The summed E-state index contributed by atoms with van der Waals surface area (Å²) in [6.07, 6.45) is 0. The molecule has 21 heavy (non-hydrogen) atoms. The Morgan fingerprint density at radius 3 is 2.67 bits per heavy atom. The van der Waals surface area contributed by atoms with Gasteiger partial charge in [0.15, 0.2) is 0 Å². The van der Waals surface area contributed by atoms with E-state index in [1.165, 1.54) is 12.1 Å². The number of hydrogen-bond donors (Lipinski definition) is 3. The molecule has 0 amide bonds. The van der Waals surface area contributed by atoms with Crippen LogP contribution in [0.25, 0.3) is 11.0 Å². The van der Waals surface area contributed by atoms with E-state index in [0.29, 0.717) is 5.95 Å². The molecule has 0 unspecified atom stereocenters. The average Bonchev–Trinajstić information content (AvgIpc) is 2.88. The van der Waals surface area contributed by atoms with Crippen LogP contribution in [0.1, 0.15) is 10.4 Å². The van der Waals surface area contributed by atoms with E-state index in [1.54, 1.807) is 19.2 Å². The number of benzene rings is 2. The van der Waals surface area contributed by atoms with E-state index in [-0.39, 0.29) is 5.56 Å². The Kier molecular flexibility index (Phi) is 3.19. The lowest BCUT2D eigenvalue weighted by atomic mass is 10.2. The Morgan fingerprint density at radius 2 is 2.00 bits per heavy atom. The summed E-state index contributed by atoms with van der Waals surface area (Å²) in [7, 11) is 1.61. The first kappa shape index (κ1) is 13.0. The van der Waals surface area contributed by atoms with Crippen LogP contribution in [-0.4, -0.2) is 28.2 Å². The predicted octanol–water partition coefficient (Wildman–Crippen LogP) is 3.01. The summed E-state index contributed by atoms with van der Waals surface area (Å²) in [6.45, 7) is 0. The van der Waals surface area contributed by atoms with Crippen molar-refractivity contribution in [3.8, 4) is 5.75 Å². The molecule has 0 radical (unpaired) electrons. The molecule has 0 aliphatic carbocycles.